The van der Waals surface area contributed by atoms with Gasteiger partial charge in [0.25, 0.3) is 0 Å². The fourth-order valence-electron chi connectivity index (χ4n) is 2.31. The molecule has 2 rings (SSSR count). The molecule has 1 aliphatic rings. The van der Waals surface area contributed by atoms with Crippen LogP contribution in [0, 0.1) is 0 Å². The molecule has 1 unspecified atom stereocenters. The second-order valence-electron chi connectivity index (χ2n) is 4.86. The summed E-state index contributed by atoms with van der Waals surface area (Å²) in [7, 11) is 0. The van der Waals surface area contributed by atoms with E-state index in [1.165, 1.54) is 5.56 Å². The quantitative estimate of drug-likeness (QED) is 0.843. The average molecular weight is 235 g/mol. The lowest BCUT2D eigenvalue weighted by Gasteiger charge is -2.28. The van der Waals surface area contributed by atoms with E-state index in [1.807, 2.05) is 12.1 Å². The molecule has 0 saturated carbocycles. The van der Waals surface area contributed by atoms with Gasteiger partial charge in [0.15, 0.2) is 0 Å². The predicted octanol–water partition coefficient (Wildman–Crippen LogP) is 1.69. The van der Waals surface area contributed by atoms with Crippen LogP contribution < -0.4 is 4.74 Å². The molecular weight excluding hydrogens is 214 g/mol. The summed E-state index contributed by atoms with van der Waals surface area (Å²) in [6, 6.07) is 8.66. The lowest BCUT2D eigenvalue weighted by atomic mass is 10.1. The zero-order valence-corrected chi connectivity index (χ0v) is 10.6. The Hall–Kier alpha value is -1.06. The number of hydrogen-bond donors (Lipinski definition) is 1. The Bertz CT molecular complexity index is 340. The van der Waals surface area contributed by atoms with Crippen LogP contribution in [0.4, 0.5) is 0 Å². The number of ether oxygens (including phenoxy) is 1. The Morgan fingerprint density at radius 2 is 2.18 bits per heavy atom. The van der Waals surface area contributed by atoms with Crippen molar-refractivity contribution >= 4 is 0 Å². The van der Waals surface area contributed by atoms with Gasteiger partial charge in [0.1, 0.15) is 11.9 Å². The molecule has 3 heteroatoms. The number of nitrogens with zero attached hydrogens (tertiary/aromatic N) is 1. The number of benzene rings is 1. The molecule has 0 amide bonds. The summed E-state index contributed by atoms with van der Waals surface area (Å²) in [4.78, 5) is 2.26. The molecule has 0 bridgehead atoms. The molecule has 0 spiro atoms. The van der Waals surface area contributed by atoms with Gasteiger partial charge in [-0.1, -0.05) is 18.2 Å². The summed E-state index contributed by atoms with van der Waals surface area (Å²) >= 11 is 0. The van der Waals surface area contributed by atoms with Crippen LogP contribution in [0.3, 0.4) is 0 Å². The maximum absolute atomic E-state index is 9.05. The third-order valence-corrected chi connectivity index (χ3v) is 3.27. The molecule has 1 aliphatic heterocycles. The minimum Gasteiger partial charge on any atom is -0.488 e. The Labute approximate surface area is 103 Å². The van der Waals surface area contributed by atoms with Gasteiger partial charge in [-0.3, -0.25) is 4.90 Å². The fourth-order valence-corrected chi connectivity index (χ4v) is 2.31. The van der Waals surface area contributed by atoms with Gasteiger partial charge < -0.3 is 9.84 Å². The summed E-state index contributed by atoms with van der Waals surface area (Å²) < 4.78 is 5.91. The highest BCUT2D eigenvalue weighted by Crippen LogP contribution is 2.28. The van der Waals surface area contributed by atoms with E-state index in [0.717, 1.165) is 18.7 Å². The zero-order chi connectivity index (χ0) is 12.3. The van der Waals surface area contributed by atoms with Crippen LogP contribution in [-0.2, 0) is 6.42 Å². The Morgan fingerprint density at radius 1 is 1.41 bits per heavy atom. The normalized spacial score (nSPS) is 18.5. The first-order valence-corrected chi connectivity index (χ1v) is 6.30. The van der Waals surface area contributed by atoms with E-state index in [1.54, 1.807) is 0 Å². The van der Waals surface area contributed by atoms with Crippen molar-refractivity contribution in [1.29, 1.82) is 0 Å². The highest BCUT2D eigenvalue weighted by Gasteiger charge is 2.25. The van der Waals surface area contributed by atoms with Gasteiger partial charge in [-0.25, -0.2) is 0 Å². The molecule has 0 fully saturated rings. The monoisotopic (exact) mass is 235 g/mol. The third kappa shape index (κ3) is 2.99. The van der Waals surface area contributed by atoms with Crippen LogP contribution in [0.5, 0.6) is 5.75 Å². The lowest BCUT2D eigenvalue weighted by molar-refractivity contribution is 0.107. The number of fused-ring (bicyclic) bond motifs is 1. The summed E-state index contributed by atoms with van der Waals surface area (Å²) in [6.45, 7) is 6.11. The zero-order valence-electron chi connectivity index (χ0n) is 10.6. The highest BCUT2D eigenvalue weighted by atomic mass is 16.5. The van der Waals surface area contributed by atoms with E-state index in [9.17, 15) is 0 Å². The molecule has 1 atom stereocenters. The SMILES string of the molecule is CC(C)N(CCO)CC1Cc2ccccc2O1. The smallest absolute Gasteiger partial charge is 0.123 e. The topological polar surface area (TPSA) is 32.7 Å². The van der Waals surface area contributed by atoms with Crippen LogP contribution >= 0.6 is 0 Å². The van der Waals surface area contributed by atoms with Crippen LogP contribution in [0.2, 0.25) is 0 Å². The van der Waals surface area contributed by atoms with Gasteiger partial charge in [-0.05, 0) is 25.5 Å². The van der Waals surface area contributed by atoms with Crippen LogP contribution in [0.1, 0.15) is 19.4 Å². The molecule has 1 N–H and O–H groups in total. The van der Waals surface area contributed by atoms with Gasteiger partial charge in [-0.15, -0.1) is 0 Å². The second kappa shape index (κ2) is 5.52. The van der Waals surface area contributed by atoms with Crippen molar-refractivity contribution in [2.45, 2.75) is 32.4 Å². The van der Waals surface area contributed by atoms with Gasteiger partial charge >= 0.3 is 0 Å². The number of aliphatic hydroxyl groups is 1. The van der Waals surface area contributed by atoms with Gasteiger partial charge in [0.05, 0.1) is 6.61 Å². The highest BCUT2D eigenvalue weighted by molar-refractivity contribution is 5.37. The largest absolute Gasteiger partial charge is 0.488 e. The molecule has 3 nitrogen and oxygen atoms in total. The summed E-state index contributed by atoms with van der Waals surface area (Å²) in [5, 5.41) is 9.05. The molecule has 0 aliphatic carbocycles. The average Bonchev–Trinajstić information content (AvgIpc) is 2.70. The first-order chi connectivity index (χ1) is 8.20. The Balaban J connectivity index is 1.94. The van der Waals surface area contributed by atoms with E-state index in [0.29, 0.717) is 12.6 Å². The number of hydrogen-bond acceptors (Lipinski definition) is 3. The predicted molar refractivity (Wildman–Crippen MR) is 68.4 cm³/mol. The second-order valence-corrected chi connectivity index (χ2v) is 4.86. The fraction of sp³-hybridized carbons (Fsp3) is 0.571. The molecular formula is C14H21NO2. The molecule has 0 radical (unpaired) electrons. The van der Waals surface area contributed by atoms with Crippen molar-refractivity contribution < 1.29 is 9.84 Å². The number of para-hydroxylation sites is 1. The third-order valence-electron chi connectivity index (χ3n) is 3.27. The molecule has 17 heavy (non-hydrogen) atoms. The van der Waals surface area contributed by atoms with Crippen molar-refractivity contribution in [2.24, 2.45) is 0 Å². The number of aliphatic hydroxyl groups excluding tert-OH is 1. The van der Waals surface area contributed by atoms with E-state index < -0.39 is 0 Å². The van der Waals surface area contributed by atoms with Crippen molar-refractivity contribution in [2.75, 3.05) is 19.7 Å². The maximum Gasteiger partial charge on any atom is 0.123 e. The van der Waals surface area contributed by atoms with Crippen LogP contribution in [0.15, 0.2) is 24.3 Å². The summed E-state index contributed by atoms with van der Waals surface area (Å²) in [5.74, 6) is 1.02. The van der Waals surface area contributed by atoms with Gasteiger partial charge in [0.2, 0.25) is 0 Å². The van der Waals surface area contributed by atoms with E-state index in [4.69, 9.17) is 9.84 Å². The summed E-state index contributed by atoms with van der Waals surface area (Å²) in [6.07, 6.45) is 1.20. The lowest BCUT2D eigenvalue weighted by Crippen LogP contribution is -2.40. The first-order valence-electron chi connectivity index (χ1n) is 6.30. The molecule has 0 saturated heterocycles. The molecule has 1 aromatic carbocycles. The number of rotatable bonds is 5. The van der Waals surface area contributed by atoms with E-state index in [2.05, 4.69) is 30.9 Å². The van der Waals surface area contributed by atoms with Crippen molar-refractivity contribution in [3.63, 3.8) is 0 Å². The Morgan fingerprint density at radius 3 is 2.82 bits per heavy atom. The van der Waals surface area contributed by atoms with Crippen LogP contribution in [0.25, 0.3) is 0 Å². The van der Waals surface area contributed by atoms with E-state index >= 15 is 0 Å². The Kier molecular flexibility index (Phi) is 4.02. The molecule has 0 aromatic heterocycles. The minimum absolute atomic E-state index is 0.206. The van der Waals surface area contributed by atoms with Crippen molar-refractivity contribution in [3.05, 3.63) is 29.8 Å². The maximum atomic E-state index is 9.05. The van der Waals surface area contributed by atoms with Crippen molar-refractivity contribution in [1.82, 2.24) is 4.90 Å². The molecule has 1 aromatic rings. The van der Waals surface area contributed by atoms with E-state index in [-0.39, 0.29) is 12.7 Å². The van der Waals surface area contributed by atoms with Crippen LogP contribution in [-0.4, -0.2) is 41.8 Å². The van der Waals surface area contributed by atoms with Gasteiger partial charge in [0, 0.05) is 25.6 Å². The standard InChI is InChI=1S/C14H21NO2/c1-11(2)15(7-8-16)10-13-9-12-5-3-4-6-14(12)17-13/h3-6,11,13,16H,7-10H2,1-2H3. The summed E-state index contributed by atoms with van der Waals surface area (Å²) in [5.41, 5.74) is 1.30. The first kappa shape index (κ1) is 12.4. The molecule has 1 heterocycles. The van der Waals surface area contributed by atoms with Gasteiger partial charge in [-0.2, -0.15) is 0 Å². The van der Waals surface area contributed by atoms with Crippen molar-refractivity contribution in [3.8, 4) is 5.75 Å². The molecule has 94 valence electrons. The minimum atomic E-state index is 0.206.